The molecule has 2 fully saturated rings. The molecule has 2 saturated heterocycles. The summed E-state index contributed by atoms with van der Waals surface area (Å²) >= 11 is 6.23. The predicted molar refractivity (Wildman–Crippen MR) is 97.2 cm³/mol. The number of aryl methyl sites for hydroxylation is 1. The first-order chi connectivity index (χ1) is 12.3. The summed E-state index contributed by atoms with van der Waals surface area (Å²) in [6.45, 7) is 10.9. The first-order valence-electron chi connectivity index (χ1n) is 8.94. The fraction of sp³-hybridized carbons (Fsp3) is 0.688. The summed E-state index contributed by atoms with van der Waals surface area (Å²) in [4.78, 5) is 18.5. The van der Waals surface area contributed by atoms with Crippen molar-refractivity contribution in [3.8, 4) is 0 Å². The number of hydrogen-bond donors (Lipinski definition) is 1. The monoisotopic (exact) mass is 365 g/mol. The van der Waals surface area contributed by atoms with Gasteiger partial charge >= 0.3 is 0 Å². The van der Waals surface area contributed by atoms with Crippen LogP contribution in [0.25, 0.3) is 11.2 Å². The van der Waals surface area contributed by atoms with E-state index >= 15 is 0 Å². The van der Waals surface area contributed by atoms with E-state index in [0.29, 0.717) is 13.2 Å². The van der Waals surface area contributed by atoms with Crippen molar-refractivity contribution in [3.63, 3.8) is 0 Å². The Bertz CT molecular complexity index is 738. The summed E-state index contributed by atoms with van der Waals surface area (Å²) in [6.07, 6.45) is 0. The number of nitrogens with zero attached hydrogens (tertiary/aromatic N) is 6. The average Bonchev–Trinajstić information content (AvgIpc) is 2.99. The van der Waals surface area contributed by atoms with Crippen LogP contribution < -0.4 is 10.2 Å². The lowest BCUT2D eigenvalue weighted by Crippen LogP contribution is -2.43. The van der Waals surface area contributed by atoms with Gasteiger partial charge in [0.05, 0.1) is 19.8 Å². The van der Waals surface area contributed by atoms with Crippen LogP contribution >= 0.6 is 11.6 Å². The minimum Gasteiger partial charge on any atom is -0.378 e. The molecule has 0 amide bonds. The molecule has 0 saturated carbocycles. The fourth-order valence-electron chi connectivity index (χ4n) is 3.52. The first kappa shape index (κ1) is 17.0. The average molecular weight is 366 g/mol. The molecule has 2 aliphatic rings. The zero-order valence-electron chi connectivity index (χ0n) is 14.5. The second kappa shape index (κ2) is 7.41. The van der Waals surface area contributed by atoms with E-state index in [1.165, 1.54) is 0 Å². The van der Waals surface area contributed by atoms with Crippen LogP contribution in [0.15, 0.2) is 0 Å². The fourth-order valence-corrected chi connectivity index (χ4v) is 3.68. The van der Waals surface area contributed by atoms with Gasteiger partial charge in [-0.25, -0.2) is 4.98 Å². The van der Waals surface area contributed by atoms with Crippen molar-refractivity contribution in [1.29, 1.82) is 0 Å². The lowest BCUT2D eigenvalue weighted by Gasteiger charge is -2.27. The number of nitrogens with one attached hydrogen (secondary N) is 1. The van der Waals surface area contributed by atoms with E-state index in [9.17, 15) is 0 Å². The van der Waals surface area contributed by atoms with Gasteiger partial charge in [0.1, 0.15) is 5.82 Å². The lowest BCUT2D eigenvalue weighted by molar-refractivity contribution is 0.122. The molecule has 2 aromatic heterocycles. The van der Waals surface area contributed by atoms with E-state index in [2.05, 4.69) is 36.6 Å². The number of rotatable bonds is 4. The Morgan fingerprint density at radius 2 is 1.84 bits per heavy atom. The van der Waals surface area contributed by atoms with Crippen LogP contribution in [0.4, 0.5) is 5.82 Å². The zero-order chi connectivity index (χ0) is 17.2. The summed E-state index contributed by atoms with van der Waals surface area (Å²) in [5, 5.41) is 3.66. The molecule has 2 aromatic rings. The van der Waals surface area contributed by atoms with Gasteiger partial charge in [-0.1, -0.05) is 0 Å². The van der Waals surface area contributed by atoms with Crippen molar-refractivity contribution >= 4 is 28.6 Å². The molecule has 4 heterocycles. The lowest BCUT2D eigenvalue weighted by atomic mass is 10.3. The van der Waals surface area contributed by atoms with Crippen LogP contribution in [0.3, 0.4) is 0 Å². The van der Waals surface area contributed by atoms with Gasteiger partial charge in [0.15, 0.2) is 17.0 Å². The smallest absolute Gasteiger partial charge is 0.226 e. The molecule has 8 nitrogen and oxygen atoms in total. The molecule has 0 unspecified atom stereocenters. The van der Waals surface area contributed by atoms with E-state index in [0.717, 1.165) is 75.2 Å². The Kier molecular flexibility index (Phi) is 5.03. The topological polar surface area (TPSA) is 71.3 Å². The predicted octanol–water partition coefficient (Wildman–Crippen LogP) is 0.741. The highest BCUT2D eigenvalue weighted by Gasteiger charge is 2.23. The molecule has 0 aliphatic carbocycles. The third-order valence-corrected chi connectivity index (χ3v) is 5.00. The largest absolute Gasteiger partial charge is 0.378 e. The summed E-state index contributed by atoms with van der Waals surface area (Å²) in [6, 6.07) is 0. The number of fused-ring (bicyclic) bond motifs is 1. The Labute approximate surface area is 152 Å². The molecule has 25 heavy (non-hydrogen) atoms. The van der Waals surface area contributed by atoms with Crippen LogP contribution in [0.5, 0.6) is 0 Å². The highest BCUT2D eigenvalue weighted by Crippen LogP contribution is 2.27. The second-order valence-corrected chi connectivity index (χ2v) is 6.72. The number of morpholine rings is 1. The van der Waals surface area contributed by atoms with Crippen LogP contribution in [-0.2, 0) is 17.8 Å². The number of imidazole rings is 1. The quantitative estimate of drug-likeness (QED) is 0.801. The molecule has 0 spiro atoms. The highest BCUT2D eigenvalue weighted by molar-refractivity contribution is 6.28. The number of ether oxygens (including phenoxy) is 1. The highest BCUT2D eigenvalue weighted by atomic mass is 35.5. The molecule has 1 N–H and O–H groups in total. The minimum absolute atomic E-state index is 0.275. The van der Waals surface area contributed by atoms with Crippen molar-refractivity contribution in [3.05, 3.63) is 11.1 Å². The number of halogens is 1. The molecular weight excluding hydrogens is 342 g/mol. The van der Waals surface area contributed by atoms with Gasteiger partial charge in [0, 0.05) is 45.8 Å². The van der Waals surface area contributed by atoms with Gasteiger partial charge < -0.3 is 19.5 Å². The van der Waals surface area contributed by atoms with Crippen molar-refractivity contribution in [1.82, 2.24) is 29.7 Å². The maximum atomic E-state index is 6.23. The molecule has 9 heteroatoms. The van der Waals surface area contributed by atoms with Gasteiger partial charge in [0.2, 0.25) is 5.28 Å². The van der Waals surface area contributed by atoms with E-state index in [4.69, 9.17) is 21.3 Å². The number of piperazine rings is 1. The van der Waals surface area contributed by atoms with Gasteiger partial charge in [-0.2, -0.15) is 9.97 Å². The maximum absolute atomic E-state index is 6.23. The Balaban J connectivity index is 1.73. The molecule has 0 radical (unpaired) electrons. The molecule has 4 rings (SSSR count). The maximum Gasteiger partial charge on any atom is 0.226 e. The number of hydrogen-bond acceptors (Lipinski definition) is 7. The molecular formula is C16H24ClN7O. The summed E-state index contributed by atoms with van der Waals surface area (Å²) in [5.41, 5.74) is 1.67. The SMILES string of the molecule is CCn1c(CN2CCNCC2)nc2c(N3CCOCC3)nc(Cl)nc21. The normalized spacial score (nSPS) is 19.7. The van der Waals surface area contributed by atoms with Gasteiger partial charge in [-0.3, -0.25) is 4.90 Å². The van der Waals surface area contributed by atoms with E-state index in [1.54, 1.807) is 0 Å². The summed E-state index contributed by atoms with van der Waals surface area (Å²) in [7, 11) is 0. The van der Waals surface area contributed by atoms with E-state index in [-0.39, 0.29) is 5.28 Å². The third-order valence-electron chi connectivity index (χ3n) is 4.83. The van der Waals surface area contributed by atoms with Gasteiger partial charge in [-0.05, 0) is 18.5 Å². The molecule has 136 valence electrons. The first-order valence-corrected chi connectivity index (χ1v) is 9.32. The van der Waals surface area contributed by atoms with Crippen LogP contribution in [0.2, 0.25) is 5.28 Å². The number of aromatic nitrogens is 4. The van der Waals surface area contributed by atoms with Crippen LogP contribution in [-0.4, -0.2) is 76.9 Å². The Hall–Kier alpha value is -1.48. The molecule has 0 atom stereocenters. The van der Waals surface area contributed by atoms with Crippen LogP contribution in [0.1, 0.15) is 12.7 Å². The van der Waals surface area contributed by atoms with Crippen LogP contribution in [0, 0.1) is 0 Å². The Morgan fingerprint density at radius 1 is 1.08 bits per heavy atom. The zero-order valence-corrected chi connectivity index (χ0v) is 15.3. The van der Waals surface area contributed by atoms with E-state index < -0.39 is 0 Å². The summed E-state index contributed by atoms with van der Waals surface area (Å²) in [5.74, 6) is 1.86. The molecule has 0 aromatic carbocycles. The third kappa shape index (κ3) is 3.44. The van der Waals surface area contributed by atoms with Crippen molar-refractivity contribution in [2.75, 3.05) is 57.4 Å². The molecule has 2 aliphatic heterocycles. The van der Waals surface area contributed by atoms with Crippen molar-refractivity contribution in [2.24, 2.45) is 0 Å². The minimum atomic E-state index is 0.275. The number of anilines is 1. The standard InChI is InChI=1S/C16H24ClN7O/c1-2-24-12(11-22-5-3-18-4-6-22)19-13-14(20-16(17)21-15(13)24)23-7-9-25-10-8-23/h18H,2-11H2,1H3. The van der Waals surface area contributed by atoms with Crippen molar-refractivity contribution in [2.45, 2.75) is 20.0 Å². The molecule has 0 bridgehead atoms. The van der Waals surface area contributed by atoms with Crippen molar-refractivity contribution < 1.29 is 4.74 Å². The second-order valence-electron chi connectivity index (χ2n) is 6.39. The van der Waals surface area contributed by atoms with Gasteiger partial charge in [0.25, 0.3) is 0 Å². The Morgan fingerprint density at radius 3 is 2.56 bits per heavy atom. The summed E-state index contributed by atoms with van der Waals surface area (Å²) < 4.78 is 7.62. The van der Waals surface area contributed by atoms with E-state index in [1.807, 2.05) is 0 Å². The van der Waals surface area contributed by atoms with Gasteiger partial charge in [-0.15, -0.1) is 0 Å².